The third-order valence-corrected chi connectivity index (χ3v) is 2.51. The maximum Gasteiger partial charge on any atom is 0.252 e. The third kappa shape index (κ3) is 3.07. The van der Waals surface area contributed by atoms with E-state index in [4.69, 9.17) is 5.73 Å². The lowest BCUT2D eigenvalue weighted by Gasteiger charge is -2.07. The molecule has 6 heteroatoms. The van der Waals surface area contributed by atoms with E-state index in [9.17, 15) is 4.79 Å². The van der Waals surface area contributed by atoms with Crippen molar-refractivity contribution in [3.63, 3.8) is 0 Å². The number of nitrogens with two attached hydrogens (primary N) is 1. The molecule has 2 heterocycles. The second-order valence-corrected chi connectivity index (χ2v) is 3.83. The fourth-order valence-electron chi connectivity index (χ4n) is 1.64. The van der Waals surface area contributed by atoms with Crippen LogP contribution < -0.4 is 11.1 Å². The number of carbonyl (C=O) groups excluding carboxylic acids is 1. The summed E-state index contributed by atoms with van der Waals surface area (Å²) >= 11 is 0. The molecule has 0 aromatic carbocycles. The maximum absolute atomic E-state index is 11.2. The number of nitrogens with one attached hydrogen (secondary N) is 2. The number of hydrogen-bond donors (Lipinski definition) is 3. The number of aryl methyl sites for hydroxylation is 1. The molecule has 6 nitrogen and oxygen atoms in total. The summed E-state index contributed by atoms with van der Waals surface area (Å²) in [7, 11) is 0. The lowest BCUT2D eigenvalue weighted by atomic mass is 10.2. The van der Waals surface area contributed by atoms with Gasteiger partial charge in [-0.15, -0.1) is 0 Å². The number of anilines is 1. The first kappa shape index (κ1) is 12.1. The van der Waals surface area contributed by atoms with Crippen molar-refractivity contribution in [2.75, 3.05) is 11.9 Å². The molecule has 18 heavy (non-hydrogen) atoms. The molecule has 0 saturated carbocycles. The van der Waals surface area contributed by atoms with E-state index in [1.165, 1.54) is 0 Å². The topological polar surface area (TPSA) is 96.7 Å². The maximum atomic E-state index is 11.2. The Bertz CT molecular complexity index is 509. The largest absolute Gasteiger partial charge is 0.369 e. The van der Waals surface area contributed by atoms with Crippen molar-refractivity contribution >= 4 is 11.7 Å². The van der Waals surface area contributed by atoms with Gasteiger partial charge >= 0.3 is 0 Å². The molecule has 94 valence electrons. The van der Waals surface area contributed by atoms with E-state index >= 15 is 0 Å². The van der Waals surface area contributed by atoms with Gasteiger partial charge in [0.25, 0.3) is 5.91 Å². The van der Waals surface area contributed by atoms with Gasteiger partial charge in [0, 0.05) is 31.6 Å². The summed E-state index contributed by atoms with van der Waals surface area (Å²) in [6.07, 6.45) is 6.89. The Morgan fingerprint density at radius 3 is 3.00 bits per heavy atom. The molecule has 0 fully saturated rings. The summed E-state index contributed by atoms with van der Waals surface area (Å²) in [5, 5.41) is 3.10. The van der Waals surface area contributed by atoms with Crippen molar-refractivity contribution in [1.29, 1.82) is 0 Å². The molecule has 0 aliphatic carbocycles. The fraction of sp³-hybridized carbons (Fsp3) is 0.250. The molecule has 0 atom stereocenters. The van der Waals surface area contributed by atoms with Crippen molar-refractivity contribution in [3.8, 4) is 0 Å². The van der Waals surface area contributed by atoms with Crippen LogP contribution in [0.5, 0.6) is 0 Å². The number of carbonyl (C=O) groups is 1. The molecule has 0 aliphatic rings. The van der Waals surface area contributed by atoms with Crippen LogP contribution in [0.25, 0.3) is 0 Å². The van der Waals surface area contributed by atoms with Gasteiger partial charge in [-0.2, -0.15) is 0 Å². The van der Waals surface area contributed by atoms with Gasteiger partial charge < -0.3 is 16.0 Å². The number of aromatic nitrogens is 3. The third-order valence-electron chi connectivity index (χ3n) is 2.51. The molecule has 0 spiro atoms. The Morgan fingerprint density at radius 2 is 2.28 bits per heavy atom. The highest BCUT2D eigenvalue weighted by Gasteiger charge is 2.07. The van der Waals surface area contributed by atoms with Gasteiger partial charge in [-0.3, -0.25) is 4.79 Å². The second-order valence-electron chi connectivity index (χ2n) is 3.83. The van der Waals surface area contributed by atoms with E-state index < -0.39 is 5.91 Å². The molecule has 0 unspecified atom stereocenters. The monoisotopic (exact) mass is 245 g/mol. The van der Waals surface area contributed by atoms with Crippen LogP contribution in [0.1, 0.15) is 22.6 Å². The van der Waals surface area contributed by atoms with E-state index in [0.29, 0.717) is 17.9 Å². The minimum absolute atomic E-state index is 0.412. The number of H-pyrrole nitrogens is 1. The highest BCUT2D eigenvalue weighted by atomic mass is 16.1. The number of hydrogen-bond acceptors (Lipinski definition) is 4. The number of primary amides is 1. The minimum Gasteiger partial charge on any atom is -0.369 e. The molecule has 2 rings (SSSR count). The number of aromatic amines is 1. The van der Waals surface area contributed by atoms with Gasteiger partial charge in [0.05, 0.1) is 5.56 Å². The standard InChI is InChI=1S/C12H15N5O/c13-11(18)9-3-1-5-16-12(9)17-6-2-4-10-14-7-8-15-10/h1,3,5,7-8H,2,4,6H2,(H2,13,18)(H,14,15)(H,16,17). The number of nitrogens with zero attached hydrogens (tertiary/aromatic N) is 2. The molecule has 0 bridgehead atoms. The van der Waals surface area contributed by atoms with Crippen LogP contribution in [0.15, 0.2) is 30.7 Å². The molecule has 0 saturated heterocycles. The zero-order valence-corrected chi connectivity index (χ0v) is 9.89. The summed E-state index contributed by atoms with van der Waals surface area (Å²) in [6, 6.07) is 3.35. The molecule has 2 aromatic rings. The van der Waals surface area contributed by atoms with Gasteiger partial charge in [0.2, 0.25) is 0 Å². The predicted molar refractivity (Wildman–Crippen MR) is 68.2 cm³/mol. The van der Waals surface area contributed by atoms with Crippen LogP contribution in [-0.2, 0) is 6.42 Å². The van der Waals surface area contributed by atoms with Crippen LogP contribution >= 0.6 is 0 Å². The van der Waals surface area contributed by atoms with Crippen LogP contribution in [0, 0.1) is 0 Å². The normalized spacial score (nSPS) is 10.2. The first-order valence-electron chi connectivity index (χ1n) is 5.74. The Kier molecular flexibility index (Phi) is 3.90. The smallest absolute Gasteiger partial charge is 0.252 e. The molecule has 2 aromatic heterocycles. The summed E-state index contributed by atoms with van der Waals surface area (Å²) in [5.74, 6) is 1.01. The Labute approximate surface area is 105 Å². The van der Waals surface area contributed by atoms with Gasteiger partial charge in [-0.1, -0.05) is 0 Å². The lowest BCUT2D eigenvalue weighted by Crippen LogP contribution is -2.16. The SMILES string of the molecule is NC(=O)c1cccnc1NCCCc1ncc[nH]1. The average Bonchev–Trinajstić information content (AvgIpc) is 2.88. The number of imidazole rings is 1. The van der Waals surface area contributed by atoms with Crippen molar-refractivity contribution in [2.24, 2.45) is 5.73 Å². The summed E-state index contributed by atoms with van der Waals surface area (Å²) in [6.45, 7) is 0.706. The molecular weight excluding hydrogens is 230 g/mol. The minimum atomic E-state index is -0.475. The molecular formula is C12H15N5O. The zero-order valence-electron chi connectivity index (χ0n) is 9.89. The van der Waals surface area contributed by atoms with Crippen molar-refractivity contribution in [1.82, 2.24) is 15.0 Å². The van der Waals surface area contributed by atoms with Crippen LogP contribution in [0.2, 0.25) is 0 Å². The Balaban J connectivity index is 1.85. The molecule has 1 amide bonds. The highest BCUT2D eigenvalue weighted by Crippen LogP contribution is 2.10. The van der Waals surface area contributed by atoms with Crippen LogP contribution in [0.4, 0.5) is 5.82 Å². The van der Waals surface area contributed by atoms with E-state index in [0.717, 1.165) is 18.7 Å². The summed E-state index contributed by atoms with van der Waals surface area (Å²) < 4.78 is 0. The average molecular weight is 245 g/mol. The van der Waals surface area contributed by atoms with Crippen LogP contribution in [0.3, 0.4) is 0 Å². The number of pyridine rings is 1. The van der Waals surface area contributed by atoms with Crippen molar-refractivity contribution in [2.45, 2.75) is 12.8 Å². The fourth-order valence-corrected chi connectivity index (χ4v) is 1.64. The molecule has 4 N–H and O–H groups in total. The predicted octanol–water partition coefficient (Wildman–Crippen LogP) is 0.948. The quantitative estimate of drug-likeness (QED) is 0.660. The Hall–Kier alpha value is -2.37. The van der Waals surface area contributed by atoms with Gasteiger partial charge in [-0.05, 0) is 18.6 Å². The highest BCUT2D eigenvalue weighted by molar-refractivity contribution is 5.97. The van der Waals surface area contributed by atoms with Gasteiger partial charge in [0.15, 0.2) is 0 Å². The first-order valence-corrected chi connectivity index (χ1v) is 5.74. The van der Waals surface area contributed by atoms with E-state index in [-0.39, 0.29) is 0 Å². The summed E-state index contributed by atoms with van der Waals surface area (Å²) in [5.41, 5.74) is 5.67. The van der Waals surface area contributed by atoms with Crippen LogP contribution in [-0.4, -0.2) is 27.4 Å². The lowest BCUT2D eigenvalue weighted by molar-refractivity contribution is 0.100. The summed E-state index contributed by atoms with van der Waals surface area (Å²) in [4.78, 5) is 22.4. The van der Waals surface area contributed by atoms with Crippen molar-refractivity contribution in [3.05, 3.63) is 42.1 Å². The number of rotatable bonds is 6. The second kappa shape index (κ2) is 5.81. The van der Waals surface area contributed by atoms with Crippen molar-refractivity contribution < 1.29 is 4.79 Å². The van der Waals surface area contributed by atoms with E-state index in [1.807, 2.05) is 0 Å². The molecule has 0 aliphatic heterocycles. The zero-order chi connectivity index (χ0) is 12.8. The van der Waals surface area contributed by atoms with E-state index in [1.54, 1.807) is 30.7 Å². The Morgan fingerprint density at radius 1 is 1.39 bits per heavy atom. The first-order chi connectivity index (χ1) is 8.77. The molecule has 0 radical (unpaired) electrons. The van der Waals surface area contributed by atoms with Gasteiger partial charge in [0.1, 0.15) is 11.6 Å². The van der Waals surface area contributed by atoms with E-state index in [2.05, 4.69) is 20.3 Å². The number of amides is 1. The van der Waals surface area contributed by atoms with Gasteiger partial charge in [-0.25, -0.2) is 9.97 Å².